The van der Waals surface area contributed by atoms with Gasteiger partial charge in [0.05, 0.1) is 0 Å². The fraction of sp³-hybridized carbons (Fsp3) is 0.333. The zero-order valence-corrected chi connectivity index (χ0v) is 9.38. The van der Waals surface area contributed by atoms with Gasteiger partial charge >= 0.3 is 5.97 Å². The molecule has 1 rings (SSSR count). The molecule has 82 valence electrons. The summed E-state index contributed by atoms with van der Waals surface area (Å²) in [5, 5.41) is 5.30. The Kier molecular flexibility index (Phi) is 3.81. The summed E-state index contributed by atoms with van der Waals surface area (Å²) in [6.45, 7) is 3.15. The molecule has 0 spiro atoms. The fourth-order valence-electron chi connectivity index (χ4n) is 0.892. The molecule has 0 fully saturated rings. The smallest absolute Gasteiger partial charge is 0.332 e. The number of rotatable bonds is 3. The van der Waals surface area contributed by atoms with E-state index in [9.17, 15) is 4.79 Å². The Morgan fingerprint density at radius 2 is 2.33 bits per heavy atom. The van der Waals surface area contributed by atoms with E-state index in [1.54, 1.807) is 0 Å². The van der Waals surface area contributed by atoms with Crippen molar-refractivity contribution in [3.8, 4) is 0 Å². The second-order valence-electron chi connectivity index (χ2n) is 3.09. The minimum Gasteiger partial charge on any atom is -0.380 e. The Hall–Kier alpha value is -1.40. The predicted octanol–water partition coefficient (Wildman–Crippen LogP) is 0.951. The topological polar surface area (TPSA) is 90.7 Å². The van der Waals surface area contributed by atoms with Crippen LogP contribution in [0.1, 0.15) is 30.3 Å². The molecule has 15 heavy (non-hydrogen) atoms. The highest BCUT2D eigenvalue weighted by Crippen LogP contribution is 2.19. The molecule has 4 N–H and O–H groups in total. The largest absolute Gasteiger partial charge is 0.380 e. The highest BCUT2D eigenvalue weighted by atomic mass is 32.1. The number of oxime groups is 1. The molecule has 0 amide bonds. The summed E-state index contributed by atoms with van der Waals surface area (Å²) >= 11 is 1.49. The molecule has 1 atom stereocenters. The number of nitrogens with two attached hydrogens (primary N) is 2. The third kappa shape index (κ3) is 3.34. The van der Waals surface area contributed by atoms with Crippen LogP contribution in [0, 0.1) is 0 Å². The van der Waals surface area contributed by atoms with Gasteiger partial charge in [0.2, 0.25) is 0 Å². The molecule has 0 aliphatic rings. The van der Waals surface area contributed by atoms with Crippen molar-refractivity contribution in [1.29, 1.82) is 0 Å². The molecule has 1 heterocycles. The first-order chi connectivity index (χ1) is 7.00. The van der Waals surface area contributed by atoms with Gasteiger partial charge in [0, 0.05) is 28.8 Å². The van der Waals surface area contributed by atoms with Crippen molar-refractivity contribution in [2.24, 2.45) is 16.6 Å². The number of thiophene rings is 1. The van der Waals surface area contributed by atoms with Crippen LogP contribution in [0.25, 0.3) is 0 Å². The van der Waals surface area contributed by atoms with Crippen LogP contribution in [0.2, 0.25) is 0 Å². The summed E-state index contributed by atoms with van der Waals surface area (Å²) in [4.78, 5) is 15.9. The van der Waals surface area contributed by atoms with Gasteiger partial charge in [-0.05, 0) is 13.0 Å². The Morgan fingerprint density at radius 1 is 1.67 bits per heavy atom. The van der Waals surface area contributed by atoms with Gasteiger partial charge in [-0.15, -0.1) is 11.3 Å². The molecule has 0 aliphatic carbocycles. The maximum Gasteiger partial charge on any atom is 0.332 e. The second kappa shape index (κ2) is 4.90. The molecule has 0 unspecified atom stereocenters. The van der Waals surface area contributed by atoms with Crippen LogP contribution in [0.3, 0.4) is 0 Å². The van der Waals surface area contributed by atoms with Crippen LogP contribution in [0.15, 0.2) is 16.6 Å². The van der Waals surface area contributed by atoms with E-state index in [-0.39, 0.29) is 11.9 Å². The number of carbonyl (C=O) groups is 1. The monoisotopic (exact) mass is 227 g/mol. The van der Waals surface area contributed by atoms with Gasteiger partial charge in [0.15, 0.2) is 5.84 Å². The SMILES string of the molecule is CC(=O)O/N=C(\N)c1csc([C@@H](C)N)c1. The lowest BCUT2D eigenvalue weighted by molar-refractivity contribution is -0.140. The molecule has 0 radical (unpaired) electrons. The lowest BCUT2D eigenvalue weighted by Crippen LogP contribution is -2.13. The fourth-order valence-corrected chi connectivity index (χ4v) is 1.75. The van der Waals surface area contributed by atoms with Crippen molar-refractivity contribution in [3.05, 3.63) is 21.9 Å². The van der Waals surface area contributed by atoms with E-state index in [0.29, 0.717) is 5.56 Å². The van der Waals surface area contributed by atoms with Gasteiger partial charge in [0.1, 0.15) is 0 Å². The molecule has 1 aromatic rings. The number of carbonyl (C=O) groups excluding carboxylic acids is 1. The molecule has 0 bridgehead atoms. The van der Waals surface area contributed by atoms with Gasteiger partial charge in [-0.1, -0.05) is 5.16 Å². The lowest BCUT2D eigenvalue weighted by Gasteiger charge is -1.98. The first-order valence-electron chi connectivity index (χ1n) is 4.36. The van der Waals surface area contributed by atoms with E-state index in [4.69, 9.17) is 11.5 Å². The van der Waals surface area contributed by atoms with Gasteiger partial charge in [0.25, 0.3) is 0 Å². The third-order valence-corrected chi connectivity index (χ3v) is 2.77. The van der Waals surface area contributed by atoms with Crippen molar-refractivity contribution >= 4 is 23.1 Å². The Balaban J connectivity index is 2.78. The van der Waals surface area contributed by atoms with E-state index in [1.165, 1.54) is 18.3 Å². The first kappa shape index (κ1) is 11.7. The van der Waals surface area contributed by atoms with Crippen LogP contribution in [0.4, 0.5) is 0 Å². The van der Waals surface area contributed by atoms with Crippen LogP contribution >= 0.6 is 11.3 Å². The van der Waals surface area contributed by atoms with Crippen LogP contribution in [-0.4, -0.2) is 11.8 Å². The summed E-state index contributed by atoms with van der Waals surface area (Å²) in [6, 6.07) is 1.79. The van der Waals surface area contributed by atoms with Crippen molar-refractivity contribution in [2.75, 3.05) is 0 Å². The van der Waals surface area contributed by atoms with E-state index in [1.807, 2.05) is 18.4 Å². The number of nitrogens with zero attached hydrogens (tertiary/aromatic N) is 1. The number of hydrogen-bond acceptors (Lipinski definition) is 5. The standard InChI is InChI=1S/C9H13N3O2S/c1-5(10)8-3-7(4-15-8)9(11)12-14-6(2)13/h3-5H,10H2,1-2H3,(H2,11,12)/t5-/m1/s1. The Bertz CT molecular complexity index is 384. The van der Waals surface area contributed by atoms with Gasteiger partial charge < -0.3 is 16.3 Å². The first-order valence-corrected chi connectivity index (χ1v) is 5.24. The zero-order valence-electron chi connectivity index (χ0n) is 8.56. The van der Waals surface area contributed by atoms with E-state index < -0.39 is 5.97 Å². The van der Waals surface area contributed by atoms with Crippen LogP contribution in [0.5, 0.6) is 0 Å². The molecule has 5 nitrogen and oxygen atoms in total. The van der Waals surface area contributed by atoms with Crippen LogP contribution in [-0.2, 0) is 9.63 Å². The summed E-state index contributed by atoms with van der Waals surface area (Å²) in [6.07, 6.45) is 0. The van der Waals surface area contributed by atoms with Crippen LogP contribution < -0.4 is 11.5 Å². The third-order valence-electron chi connectivity index (χ3n) is 1.64. The average Bonchev–Trinajstić information content (AvgIpc) is 2.62. The molecule has 0 aliphatic heterocycles. The minimum absolute atomic E-state index is 0.0368. The highest BCUT2D eigenvalue weighted by molar-refractivity contribution is 7.10. The summed E-state index contributed by atoms with van der Waals surface area (Å²) in [5.74, 6) is -0.325. The summed E-state index contributed by atoms with van der Waals surface area (Å²) in [5.41, 5.74) is 12.0. The molecular weight excluding hydrogens is 214 g/mol. The summed E-state index contributed by atoms with van der Waals surface area (Å²) < 4.78 is 0. The molecule has 0 saturated carbocycles. The summed E-state index contributed by atoms with van der Waals surface area (Å²) in [7, 11) is 0. The van der Waals surface area contributed by atoms with Crippen molar-refractivity contribution < 1.29 is 9.63 Å². The zero-order chi connectivity index (χ0) is 11.4. The van der Waals surface area contributed by atoms with E-state index in [0.717, 1.165) is 4.88 Å². The Labute approximate surface area is 91.7 Å². The average molecular weight is 227 g/mol. The maximum absolute atomic E-state index is 10.5. The number of amidine groups is 1. The van der Waals surface area contributed by atoms with E-state index in [2.05, 4.69) is 9.99 Å². The molecule has 1 aromatic heterocycles. The van der Waals surface area contributed by atoms with E-state index >= 15 is 0 Å². The Morgan fingerprint density at radius 3 is 2.80 bits per heavy atom. The van der Waals surface area contributed by atoms with Crippen molar-refractivity contribution in [3.63, 3.8) is 0 Å². The molecular formula is C9H13N3O2S. The van der Waals surface area contributed by atoms with Crippen molar-refractivity contribution in [1.82, 2.24) is 0 Å². The van der Waals surface area contributed by atoms with Gasteiger partial charge in [-0.25, -0.2) is 4.79 Å². The molecule has 6 heteroatoms. The lowest BCUT2D eigenvalue weighted by atomic mass is 10.2. The molecule has 0 saturated heterocycles. The predicted molar refractivity (Wildman–Crippen MR) is 59.4 cm³/mol. The number of hydrogen-bond donors (Lipinski definition) is 2. The maximum atomic E-state index is 10.5. The quantitative estimate of drug-likeness (QED) is 0.348. The van der Waals surface area contributed by atoms with Gasteiger partial charge in [-0.2, -0.15) is 0 Å². The highest BCUT2D eigenvalue weighted by Gasteiger charge is 2.07. The molecule has 0 aromatic carbocycles. The second-order valence-corrected chi connectivity index (χ2v) is 4.03. The van der Waals surface area contributed by atoms with Crippen molar-refractivity contribution in [2.45, 2.75) is 19.9 Å². The normalized spacial score (nSPS) is 13.7. The minimum atomic E-state index is -0.499. The van der Waals surface area contributed by atoms with Gasteiger partial charge in [-0.3, -0.25) is 0 Å².